The normalized spacial score (nSPS) is 19.7. The number of nitrogens with one attached hydrogen (secondary N) is 2. The summed E-state index contributed by atoms with van der Waals surface area (Å²) in [6.45, 7) is 18.1. The fourth-order valence-corrected chi connectivity index (χ4v) is 7.85. The molecule has 0 aromatic carbocycles. The maximum atomic E-state index is 14.2. The van der Waals surface area contributed by atoms with E-state index in [0.717, 1.165) is 12.8 Å². The summed E-state index contributed by atoms with van der Waals surface area (Å²) in [4.78, 5) is 72.9. The summed E-state index contributed by atoms with van der Waals surface area (Å²) in [5.41, 5.74) is 1.64. The lowest BCUT2D eigenvalue weighted by molar-refractivity contribution is -0.149. The fourth-order valence-electron chi connectivity index (χ4n) is 7.85. The lowest BCUT2D eigenvalue weighted by Gasteiger charge is -2.41. The fraction of sp³-hybridized carbons (Fsp3) is 0.868. The highest BCUT2D eigenvalue weighted by Crippen LogP contribution is 2.31. The first-order valence-electron chi connectivity index (χ1n) is 18.8. The number of hydroxylamine groups is 1. The molecule has 9 atom stereocenters. The molecule has 296 valence electrons. The number of ketones is 1. The zero-order valence-corrected chi connectivity index (χ0v) is 34.0. The number of hydrogen-bond donors (Lipinski definition) is 3. The Morgan fingerprint density at radius 3 is 1.94 bits per heavy atom. The van der Waals surface area contributed by atoms with E-state index in [9.17, 15) is 29.2 Å². The summed E-state index contributed by atoms with van der Waals surface area (Å²) in [7, 11) is 8.60. The minimum atomic E-state index is -0.915. The first-order chi connectivity index (χ1) is 23.8. The molecule has 1 fully saturated rings. The highest BCUT2D eigenvalue weighted by atomic mass is 16.5. The van der Waals surface area contributed by atoms with Crippen LogP contribution < -0.4 is 10.8 Å². The number of carbonyl (C=O) groups is 5. The van der Waals surface area contributed by atoms with Gasteiger partial charge < -0.3 is 24.6 Å². The molecule has 51 heavy (non-hydrogen) atoms. The third kappa shape index (κ3) is 12.8. The number of likely N-dealkylation sites (tertiary alicyclic amines) is 1. The molecule has 1 heterocycles. The number of Topliss-reactive ketones (excluding diaryl/α,β-unsaturated/α-hetero) is 1. The largest absolute Gasteiger partial charge is 0.379 e. The van der Waals surface area contributed by atoms with Gasteiger partial charge in [-0.25, -0.2) is 5.48 Å². The van der Waals surface area contributed by atoms with Crippen LogP contribution in [0.5, 0.6) is 0 Å². The molecule has 0 aliphatic carbocycles. The molecule has 1 aliphatic heterocycles. The van der Waals surface area contributed by atoms with Crippen molar-refractivity contribution in [2.24, 2.45) is 35.5 Å². The number of ether oxygens (including phenoxy) is 2. The Hall–Kier alpha value is -2.61. The van der Waals surface area contributed by atoms with Crippen molar-refractivity contribution in [1.82, 2.24) is 25.5 Å². The molecule has 0 spiro atoms. The zero-order valence-electron chi connectivity index (χ0n) is 34.0. The molecular weight excluding hydrogens is 654 g/mol. The molecule has 13 heteroatoms. The van der Waals surface area contributed by atoms with Crippen LogP contribution in [-0.4, -0.2) is 128 Å². The van der Waals surface area contributed by atoms with E-state index in [-0.39, 0.29) is 66.2 Å². The zero-order chi connectivity index (χ0) is 39.3. The van der Waals surface area contributed by atoms with Crippen molar-refractivity contribution in [3.05, 3.63) is 0 Å². The van der Waals surface area contributed by atoms with Crippen LogP contribution >= 0.6 is 0 Å². The van der Waals surface area contributed by atoms with Crippen molar-refractivity contribution in [1.29, 1.82) is 0 Å². The monoisotopic (exact) mass is 726 g/mol. The van der Waals surface area contributed by atoms with Gasteiger partial charge in [0, 0.05) is 40.2 Å². The van der Waals surface area contributed by atoms with Crippen LogP contribution in [0, 0.1) is 35.5 Å². The Bertz CT molecular complexity index is 1120. The average Bonchev–Trinajstić information content (AvgIpc) is 3.54. The molecule has 0 radical (unpaired) electrons. The third-order valence-corrected chi connectivity index (χ3v) is 10.8. The molecular formula is C38H71N5O8. The average molecular weight is 726 g/mol. The standard InChI is InChI=1S/C38H71N5O8/c1-15-25(8)34(42(12)38(48)27(23(4)5)20-30(44)33(24(6)7)41(10)11)31(50-13)21-32(45)43-18-16-17-29(43)35(51-14)26(9)36(46)39-28(19-22(2)3)37(47)40-49/h22-29,31,33-35,49H,15-21H2,1-14H3,(H,39,46)(H,40,47)/t25-,26+,27-,28-,29-,31+,33-,34-,35+/m0/s1. The molecule has 4 amide bonds. The van der Waals surface area contributed by atoms with Crippen molar-refractivity contribution in [2.45, 2.75) is 137 Å². The van der Waals surface area contributed by atoms with E-state index < -0.39 is 47.9 Å². The van der Waals surface area contributed by atoms with Gasteiger partial charge in [-0.2, -0.15) is 0 Å². The minimum absolute atomic E-state index is 0.00914. The van der Waals surface area contributed by atoms with Gasteiger partial charge in [0.15, 0.2) is 5.78 Å². The van der Waals surface area contributed by atoms with E-state index in [2.05, 4.69) is 5.32 Å². The first-order valence-corrected chi connectivity index (χ1v) is 18.8. The summed E-state index contributed by atoms with van der Waals surface area (Å²) in [6, 6.07) is -2.03. The Balaban J connectivity index is 3.28. The lowest BCUT2D eigenvalue weighted by Crippen LogP contribution is -2.55. The predicted molar refractivity (Wildman–Crippen MR) is 198 cm³/mol. The van der Waals surface area contributed by atoms with E-state index in [1.54, 1.807) is 36.4 Å². The molecule has 1 saturated heterocycles. The van der Waals surface area contributed by atoms with Gasteiger partial charge in [-0.15, -0.1) is 0 Å². The molecule has 1 rings (SSSR count). The molecule has 13 nitrogen and oxygen atoms in total. The maximum absolute atomic E-state index is 14.2. The van der Waals surface area contributed by atoms with Crippen molar-refractivity contribution >= 4 is 29.4 Å². The van der Waals surface area contributed by atoms with Crippen molar-refractivity contribution in [3.8, 4) is 0 Å². The third-order valence-electron chi connectivity index (χ3n) is 10.8. The van der Waals surface area contributed by atoms with Crippen molar-refractivity contribution < 1.29 is 38.7 Å². The van der Waals surface area contributed by atoms with Gasteiger partial charge in [0.2, 0.25) is 17.7 Å². The number of nitrogens with zero attached hydrogens (tertiary/aromatic N) is 3. The SMILES string of the molecule is CC[C@H](C)[C@@H]([C@@H](CC(=O)N1CCC[C@H]1[C@H](OC)[C@@H](C)C(=O)N[C@@H](CC(C)C)C(=O)NO)OC)N(C)C(=O)[C@@H](CC(=O)[C@H](C(C)C)N(C)C)C(C)C. The highest BCUT2D eigenvalue weighted by molar-refractivity contribution is 5.90. The molecule has 1 aliphatic rings. The van der Waals surface area contributed by atoms with Gasteiger partial charge in [-0.3, -0.25) is 34.1 Å². The highest BCUT2D eigenvalue weighted by Gasteiger charge is 2.43. The van der Waals surface area contributed by atoms with Gasteiger partial charge in [0.25, 0.3) is 5.91 Å². The topological polar surface area (TPSA) is 158 Å². The van der Waals surface area contributed by atoms with E-state index in [0.29, 0.717) is 19.4 Å². The molecule has 0 unspecified atom stereocenters. The number of hydrogen-bond acceptors (Lipinski definition) is 9. The van der Waals surface area contributed by atoms with E-state index in [1.165, 1.54) is 7.11 Å². The molecule has 3 N–H and O–H groups in total. The van der Waals surface area contributed by atoms with Gasteiger partial charge in [-0.1, -0.05) is 68.7 Å². The number of amides is 4. The predicted octanol–water partition coefficient (Wildman–Crippen LogP) is 3.76. The van der Waals surface area contributed by atoms with Gasteiger partial charge in [0.1, 0.15) is 6.04 Å². The summed E-state index contributed by atoms with van der Waals surface area (Å²) in [5.74, 6) is -2.49. The summed E-state index contributed by atoms with van der Waals surface area (Å²) < 4.78 is 11.9. The second-order valence-corrected chi connectivity index (χ2v) is 15.9. The van der Waals surface area contributed by atoms with Crippen molar-refractivity contribution in [2.75, 3.05) is 41.9 Å². The molecule has 0 bridgehead atoms. The van der Waals surface area contributed by atoms with Crippen LogP contribution in [0.2, 0.25) is 0 Å². The van der Waals surface area contributed by atoms with E-state index >= 15 is 0 Å². The van der Waals surface area contributed by atoms with E-state index in [4.69, 9.17) is 9.47 Å². The van der Waals surface area contributed by atoms with Crippen LogP contribution in [-0.2, 0) is 33.4 Å². The van der Waals surface area contributed by atoms with Crippen LogP contribution in [0.25, 0.3) is 0 Å². The quantitative estimate of drug-likeness (QED) is 0.112. The smallest absolute Gasteiger partial charge is 0.265 e. The Morgan fingerprint density at radius 1 is 0.882 bits per heavy atom. The maximum Gasteiger partial charge on any atom is 0.265 e. The molecule has 0 saturated carbocycles. The number of rotatable bonds is 22. The summed E-state index contributed by atoms with van der Waals surface area (Å²) >= 11 is 0. The number of carbonyl (C=O) groups excluding carboxylic acids is 5. The van der Waals surface area contributed by atoms with Crippen LogP contribution in [0.3, 0.4) is 0 Å². The van der Waals surface area contributed by atoms with Crippen LogP contribution in [0.15, 0.2) is 0 Å². The second kappa shape index (κ2) is 21.8. The molecule has 0 aromatic rings. The summed E-state index contributed by atoms with van der Waals surface area (Å²) in [6.07, 6.45) is 1.33. The van der Waals surface area contributed by atoms with Crippen LogP contribution in [0.4, 0.5) is 0 Å². The second-order valence-electron chi connectivity index (χ2n) is 15.9. The Morgan fingerprint density at radius 2 is 1.49 bits per heavy atom. The molecule has 0 aromatic heterocycles. The van der Waals surface area contributed by atoms with E-state index in [1.807, 2.05) is 74.4 Å². The van der Waals surface area contributed by atoms with Gasteiger partial charge in [0.05, 0.1) is 42.7 Å². The van der Waals surface area contributed by atoms with Gasteiger partial charge in [-0.05, 0) is 57.0 Å². The Labute approximate surface area is 307 Å². The van der Waals surface area contributed by atoms with Gasteiger partial charge >= 0.3 is 0 Å². The first kappa shape index (κ1) is 46.4. The summed E-state index contributed by atoms with van der Waals surface area (Å²) in [5, 5.41) is 12.0. The van der Waals surface area contributed by atoms with Crippen molar-refractivity contribution in [3.63, 3.8) is 0 Å². The Kier molecular flexibility index (Phi) is 19.8. The number of methoxy groups -OCH3 is 2. The lowest BCUT2D eigenvalue weighted by atomic mass is 9.83. The minimum Gasteiger partial charge on any atom is -0.379 e. The number of likely N-dealkylation sites (N-methyl/N-ethyl adjacent to an activating group) is 2. The van der Waals surface area contributed by atoms with Crippen LogP contribution in [0.1, 0.15) is 101 Å².